The maximum atomic E-state index is 12.4. The molecule has 2 aromatic carbocycles. The van der Waals surface area contributed by atoms with Crippen molar-refractivity contribution in [2.45, 2.75) is 17.7 Å². The quantitative estimate of drug-likeness (QED) is 0.667. The summed E-state index contributed by atoms with van der Waals surface area (Å²) >= 11 is 1.87. The molecule has 2 aliphatic rings. The Labute approximate surface area is 191 Å². The molecule has 8 nitrogen and oxygen atoms in total. The molecule has 0 atom stereocenters. The lowest BCUT2D eigenvalue weighted by Gasteiger charge is -2.26. The second kappa shape index (κ2) is 9.74. The van der Waals surface area contributed by atoms with Crippen LogP contribution >= 0.6 is 11.8 Å². The van der Waals surface area contributed by atoms with Crippen LogP contribution in [-0.2, 0) is 26.0 Å². The van der Waals surface area contributed by atoms with E-state index in [2.05, 4.69) is 15.0 Å². The Kier molecular flexibility index (Phi) is 6.80. The second-order valence-corrected chi connectivity index (χ2v) is 10.4. The van der Waals surface area contributed by atoms with Gasteiger partial charge in [0, 0.05) is 42.3 Å². The zero-order valence-electron chi connectivity index (χ0n) is 17.4. The van der Waals surface area contributed by atoms with Gasteiger partial charge in [-0.2, -0.15) is 11.8 Å². The number of nitrogens with one attached hydrogen (secondary N) is 2. The van der Waals surface area contributed by atoms with Crippen LogP contribution in [0.25, 0.3) is 0 Å². The van der Waals surface area contributed by atoms with Crippen LogP contribution in [-0.4, -0.2) is 62.1 Å². The molecule has 2 aliphatic heterocycles. The van der Waals surface area contributed by atoms with Gasteiger partial charge in [-0.3, -0.25) is 19.3 Å². The number of hydrogen-bond acceptors (Lipinski definition) is 6. The van der Waals surface area contributed by atoms with Crippen LogP contribution in [0, 0.1) is 0 Å². The van der Waals surface area contributed by atoms with Gasteiger partial charge in [0.05, 0.1) is 17.9 Å². The highest BCUT2D eigenvalue weighted by Gasteiger charge is 2.29. The van der Waals surface area contributed by atoms with Crippen molar-refractivity contribution in [3.63, 3.8) is 0 Å². The van der Waals surface area contributed by atoms with Crippen LogP contribution in [0.3, 0.4) is 0 Å². The molecule has 32 heavy (non-hydrogen) atoms. The number of anilines is 1. The highest BCUT2D eigenvalue weighted by molar-refractivity contribution is 7.99. The van der Waals surface area contributed by atoms with Gasteiger partial charge in [-0.25, -0.2) is 8.42 Å². The average Bonchev–Trinajstić information content (AvgIpc) is 3.06. The molecule has 1 fully saturated rings. The lowest BCUT2D eigenvalue weighted by molar-refractivity contribution is -0.130. The number of amidine groups is 1. The Bertz CT molecular complexity index is 1140. The number of carbonyl (C=O) groups excluding carboxylic acids is 2. The van der Waals surface area contributed by atoms with Crippen molar-refractivity contribution in [2.75, 3.05) is 36.5 Å². The van der Waals surface area contributed by atoms with Crippen molar-refractivity contribution in [3.8, 4) is 0 Å². The third kappa shape index (κ3) is 5.31. The van der Waals surface area contributed by atoms with Crippen LogP contribution in [0.2, 0.25) is 0 Å². The maximum absolute atomic E-state index is 12.4. The van der Waals surface area contributed by atoms with E-state index in [9.17, 15) is 18.0 Å². The molecule has 0 aliphatic carbocycles. The standard InChI is InChI=1S/C22H24N4O4S2/c27-20(9-10-23-22-18-3-1-2-4-19(18)32(29,30)25-22)24-17-7-5-16(6-8-17)15-21(28)26-11-13-31-14-12-26/h1-8H,9-15H2,(H,23,25)(H,24,27). The van der Waals surface area contributed by atoms with Gasteiger partial charge in [0.1, 0.15) is 5.84 Å². The summed E-state index contributed by atoms with van der Waals surface area (Å²) in [4.78, 5) is 31.0. The summed E-state index contributed by atoms with van der Waals surface area (Å²) in [6.45, 7) is 1.75. The van der Waals surface area contributed by atoms with Gasteiger partial charge in [0.2, 0.25) is 11.8 Å². The molecule has 2 aromatic rings. The minimum absolute atomic E-state index is 0.112. The Morgan fingerprint density at radius 3 is 2.53 bits per heavy atom. The van der Waals surface area contributed by atoms with Crippen LogP contribution in [0.1, 0.15) is 17.5 Å². The summed E-state index contributed by atoms with van der Waals surface area (Å²) in [6, 6.07) is 13.8. The zero-order chi connectivity index (χ0) is 22.6. The fourth-order valence-electron chi connectivity index (χ4n) is 3.55. The molecule has 4 rings (SSSR count). The van der Waals surface area contributed by atoms with E-state index in [-0.39, 0.29) is 35.5 Å². The van der Waals surface area contributed by atoms with Gasteiger partial charge in [-0.15, -0.1) is 0 Å². The van der Waals surface area contributed by atoms with Gasteiger partial charge < -0.3 is 10.2 Å². The second-order valence-electron chi connectivity index (χ2n) is 7.50. The van der Waals surface area contributed by atoms with E-state index < -0.39 is 10.0 Å². The van der Waals surface area contributed by atoms with Crippen LogP contribution in [0.5, 0.6) is 0 Å². The van der Waals surface area contributed by atoms with Gasteiger partial charge in [-0.05, 0) is 29.8 Å². The monoisotopic (exact) mass is 472 g/mol. The van der Waals surface area contributed by atoms with Crippen molar-refractivity contribution in [1.29, 1.82) is 0 Å². The van der Waals surface area contributed by atoms with Gasteiger partial charge in [0.25, 0.3) is 10.0 Å². The van der Waals surface area contributed by atoms with Gasteiger partial charge >= 0.3 is 0 Å². The first-order valence-corrected chi connectivity index (χ1v) is 13.0. The molecule has 2 heterocycles. The third-order valence-corrected chi connectivity index (χ3v) is 7.57. The minimum Gasteiger partial charge on any atom is -0.341 e. The number of aliphatic imine (C=N–C) groups is 1. The fourth-order valence-corrected chi connectivity index (χ4v) is 5.70. The molecule has 2 amide bonds. The van der Waals surface area contributed by atoms with Crippen LogP contribution in [0.15, 0.2) is 58.4 Å². The van der Waals surface area contributed by atoms with Crippen LogP contribution in [0.4, 0.5) is 5.69 Å². The highest BCUT2D eigenvalue weighted by Crippen LogP contribution is 2.22. The van der Waals surface area contributed by atoms with Gasteiger partial charge in [0.15, 0.2) is 0 Å². The van der Waals surface area contributed by atoms with E-state index in [0.717, 1.165) is 30.2 Å². The number of thioether (sulfide) groups is 1. The van der Waals surface area contributed by atoms with E-state index >= 15 is 0 Å². The molecule has 0 radical (unpaired) electrons. The lowest BCUT2D eigenvalue weighted by atomic mass is 10.1. The summed E-state index contributed by atoms with van der Waals surface area (Å²) in [5, 5.41) is 2.80. The number of rotatable bonds is 6. The van der Waals surface area contributed by atoms with E-state index in [0.29, 0.717) is 17.7 Å². The molecule has 1 saturated heterocycles. The number of carbonyl (C=O) groups is 2. The van der Waals surface area contributed by atoms with E-state index in [4.69, 9.17) is 0 Å². The van der Waals surface area contributed by atoms with Gasteiger partial charge in [-0.1, -0.05) is 24.3 Å². The topological polar surface area (TPSA) is 108 Å². The summed E-state index contributed by atoms with van der Waals surface area (Å²) in [6.07, 6.45) is 0.467. The molecule has 10 heteroatoms. The molecule has 168 valence electrons. The van der Waals surface area contributed by atoms with Crippen molar-refractivity contribution in [1.82, 2.24) is 9.62 Å². The molecule has 0 unspecified atom stereocenters. The van der Waals surface area contributed by atoms with Crippen molar-refractivity contribution >= 4 is 45.1 Å². The number of amides is 2. The summed E-state index contributed by atoms with van der Waals surface area (Å²) < 4.78 is 26.6. The number of fused-ring (bicyclic) bond motifs is 1. The largest absolute Gasteiger partial charge is 0.341 e. The fraction of sp³-hybridized carbons (Fsp3) is 0.318. The number of nitrogens with zero attached hydrogens (tertiary/aromatic N) is 2. The molecular formula is C22H24N4O4S2. The Hall–Kier alpha value is -2.85. The van der Waals surface area contributed by atoms with E-state index in [1.165, 1.54) is 6.07 Å². The number of hydrogen-bond donors (Lipinski definition) is 2. The zero-order valence-corrected chi connectivity index (χ0v) is 19.0. The SMILES string of the molecule is O=C(CCN=C1NS(=O)(=O)c2ccccc21)Nc1ccc(CC(=O)N2CCSCC2)cc1. The van der Waals surface area contributed by atoms with Crippen molar-refractivity contribution < 1.29 is 18.0 Å². The van der Waals surface area contributed by atoms with Crippen LogP contribution < -0.4 is 10.0 Å². The molecule has 2 N–H and O–H groups in total. The summed E-state index contributed by atoms with van der Waals surface area (Å²) in [7, 11) is -3.58. The van der Waals surface area contributed by atoms with Crippen molar-refractivity contribution in [3.05, 3.63) is 59.7 Å². The first-order valence-electron chi connectivity index (χ1n) is 10.3. The molecule has 0 aromatic heterocycles. The van der Waals surface area contributed by atoms with E-state index in [1.807, 2.05) is 28.8 Å². The Balaban J connectivity index is 1.27. The maximum Gasteiger partial charge on any atom is 0.263 e. The predicted octanol–water partition coefficient (Wildman–Crippen LogP) is 1.87. The van der Waals surface area contributed by atoms with E-state index in [1.54, 1.807) is 30.3 Å². The first kappa shape index (κ1) is 22.3. The third-order valence-electron chi connectivity index (χ3n) is 5.23. The normalized spacial score (nSPS) is 18.1. The lowest BCUT2D eigenvalue weighted by Crippen LogP contribution is -2.38. The number of sulfonamides is 1. The van der Waals surface area contributed by atoms with Crippen molar-refractivity contribution in [2.24, 2.45) is 4.99 Å². The molecular weight excluding hydrogens is 448 g/mol. The molecule has 0 bridgehead atoms. The highest BCUT2D eigenvalue weighted by atomic mass is 32.2. The molecule has 0 spiro atoms. The minimum atomic E-state index is -3.58. The average molecular weight is 473 g/mol. The Morgan fingerprint density at radius 1 is 1.06 bits per heavy atom. The smallest absolute Gasteiger partial charge is 0.263 e. The summed E-state index contributed by atoms with van der Waals surface area (Å²) in [5.41, 5.74) is 2.06. The predicted molar refractivity (Wildman–Crippen MR) is 125 cm³/mol. The summed E-state index contributed by atoms with van der Waals surface area (Å²) in [5.74, 6) is 2.14. The Morgan fingerprint density at radius 2 is 1.78 bits per heavy atom. The number of benzene rings is 2. The first-order chi connectivity index (χ1) is 15.4. The molecule has 0 saturated carbocycles.